The fraction of sp³-hybridized carbons (Fsp3) is 0.692. The maximum atomic E-state index is 6.19. The van der Waals surface area contributed by atoms with E-state index in [1.54, 1.807) is 11.8 Å². The standard InChI is InChI=1S/C13H23N3S/c1-5-7-11(14)12(6-2)17-13-15-9(3)8-10(4)16-13/h8,11-12H,5-7,14H2,1-4H3. The first-order valence-electron chi connectivity index (χ1n) is 6.31. The molecule has 1 heterocycles. The summed E-state index contributed by atoms with van der Waals surface area (Å²) in [6.45, 7) is 8.36. The van der Waals surface area contributed by atoms with Crippen LogP contribution in [0.15, 0.2) is 11.2 Å². The van der Waals surface area contributed by atoms with Crippen molar-refractivity contribution in [2.45, 2.75) is 63.4 Å². The van der Waals surface area contributed by atoms with Gasteiger partial charge in [0, 0.05) is 22.7 Å². The first-order valence-corrected chi connectivity index (χ1v) is 7.19. The molecule has 0 fully saturated rings. The predicted octanol–water partition coefficient (Wildman–Crippen LogP) is 3.09. The Labute approximate surface area is 109 Å². The third-order valence-electron chi connectivity index (χ3n) is 2.72. The lowest BCUT2D eigenvalue weighted by Gasteiger charge is -2.20. The van der Waals surface area contributed by atoms with Gasteiger partial charge in [-0.15, -0.1) is 0 Å². The molecule has 0 radical (unpaired) electrons. The zero-order chi connectivity index (χ0) is 12.8. The van der Waals surface area contributed by atoms with Crippen molar-refractivity contribution in [3.05, 3.63) is 17.5 Å². The zero-order valence-corrected chi connectivity index (χ0v) is 12.0. The van der Waals surface area contributed by atoms with Crippen LogP contribution >= 0.6 is 11.8 Å². The largest absolute Gasteiger partial charge is 0.327 e. The highest BCUT2D eigenvalue weighted by atomic mass is 32.2. The molecule has 0 aliphatic heterocycles. The van der Waals surface area contributed by atoms with Crippen molar-refractivity contribution >= 4 is 11.8 Å². The van der Waals surface area contributed by atoms with E-state index in [9.17, 15) is 0 Å². The summed E-state index contributed by atoms with van der Waals surface area (Å²) in [7, 11) is 0. The summed E-state index contributed by atoms with van der Waals surface area (Å²) >= 11 is 1.72. The average Bonchev–Trinajstić information content (AvgIpc) is 2.24. The molecule has 1 aromatic heterocycles. The van der Waals surface area contributed by atoms with Crippen LogP contribution in [-0.2, 0) is 0 Å². The maximum absolute atomic E-state index is 6.19. The van der Waals surface area contributed by atoms with Gasteiger partial charge < -0.3 is 5.73 Å². The molecule has 96 valence electrons. The summed E-state index contributed by atoms with van der Waals surface area (Å²) in [5.41, 5.74) is 8.24. The first kappa shape index (κ1) is 14.5. The number of hydrogen-bond donors (Lipinski definition) is 1. The molecule has 17 heavy (non-hydrogen) atoms. The van der Waals surface area contributed by atoms with E-state index in [-0.39, 0.29) is 6.04 Å². The number of nitrogens with two attached hydrogens (primary N) is 1. The zero-order valence-electron chi connectivity index (χ0n) is 11.2. The minimum atomic E-state index is 0.236. The van der Waals surface area contributed by atoms with Gasteiger partial charge in [-0.1, -0.05) is 32.0 Å². The van der Waals surface area contributed by atoms with Gasteiger partial charge >= 0.3 is 0 Å². The van der Waals surface area contributed by atoms with E-state index in [1.165, 1.54) is 0 Å². The van der Waals surface area contributed by atoms with Crippen LogP contribution in [0.3, 0.4) is 0 Å². The molecule has 1 rings (SSSR count). The molecule has 2 unspecified atom stereocenters. The molecule has 4 heteroatoms. The van der Waals surface area contributed by atoms with Gasteiger partial charge in [0.05, 0.1) is 0 Å². The van der Waals surface area contributed by atoms with Gasteiger partial charge in [0.1, 0.15) is 0 Å². The molecule has 1 aromatic rings. The van der Waals surface area contributed by atoms with Crippen molar-refractivity contribution in [1.29, 1.82) is 0 Å². The molecule has 0 aliphatic carbocycles. The van der Waals surface area contributed by atoms with Crippen LogP contribution in [-0.4, -0.2) is 21.3 Å². The summed E-state index contributed by atoms with van der Waals surface area (Å²) in [5.74, 6) is 0. The number of aromatic nitrogens is 2. The van der Waals surface area contributed by atoms with E-state index in [0.29, 0.717) is 5.25 Å². The Morgan fingerprint density at radius 3 is 2.29 bits per heavy atom. The van der Waals surface area contributed by atoms with E-state index < -0.39 is 0 Å². The third-order valence-corrected chi connectivity index (χ3v) is 4.10. The van der Waals surface area contributed by atoms with Gasteiger partial charge in [0.25, 0.3) is 0 Å². The predicted molar refractivity (Wildman–Crippen MR) is 74.3 cm³/mol. The summed E-state index contributed by atoms with van der Waals surface area (Å²) < 4.78 is 0. The summed E-state index contributed by atoms with van der Waals surface area (Å²) in [5, 5.41) is 1.28. The van der Waals surface area contributed by atoms with Crippen LogP contribution in [0.1, 0.15) is 44.5 Å². The van der Waals surface area contributed by atoms with Crippen molar-refractivity contribution in [2.24, 2.45) is 5.73 Å². The molecule has 0 saturated heterocycles. The Hall–Kier alpha value is -0.610. The molecule has 0 saturated carbocycles. The minimum Gasteiger partial charge on any atom is -0.327 e. The van der Waals surface area contributed by atoms with E-state index in [1.807, 2.05) is 19.9 Å². The summed E-state index contributed by atoms with van der Waals surface area (Å²) in [6.07, 6.45) is 3.25. The second-order valence-corrected chi connectivity index (χ2v) is 5.66. The highest BCUT2D eigenvalue weighted by Gasteiger charge is 2.18. The number of nitrogens with zero attached hydrogens (tertiary/aromatic N) is 2. The lowest BCUT2D eigenvalue weighted by Crippen LogP contribution is -2.32. The fourth-order valence-corrected chi connectivity index (χ4v) is 3.02. The van der Waals surface area contributed by atoms with Crippen LogP contribution in [0.25, 0.3) is 0 Å². The molecule has 0 spiro atoms. The molecule has 2 N–H and O–H groups in total. The molecule has 0 amide bonds. The lowest BCUT2D eigenvalue weighted by molar-refractivity contribution is 0.565. The van der Waals surface area contributed by atoms with Gasteiger partial charge in [0.15, 0.2) is 5.16 Å². The summed E-state index contributed by atoms with van der Waals surface area (Å²) in [6, 6.07) is 2.23. The van der Waals surface area contributed by atoms with E-state index >= 15 is 0 Å². The average molecular weight is 253 g/mol. The number of thioether (sulfide) groups is 1. The van der Waals surface area contributed by atoms with Crippen LogP contribution in [0.5, 0.6) is 0 Å². The molecular formula is C13H23N3S. The lowest BCUT2D eigenvalue weighted by atomic mass is 10.1. The van der Waals surface area contributed by atoms with Crippen molar-refractivity contribution in [3.63, 3.8) is 0 Å². The molecule has 0 aliphatic rings. The van der Waals surface area contributed by atoms with Gasteiger partial charge in [0.2, 0.25) is 0 Å². The number of aryl methyl sites for hydroxylation is 2. The Bertz CT molecular complexity index is 334. The fourth-order valence-electron chi connectivity index (χ4n) is 1.87. The van der Waals surface area contributed by atoms with Gasteiger partial charge in [-0.2, -0.15) is 0 Å². The highest BCUT2D eigenvalue weighted by molar-refractivity contribution is 7.99. The topological polar surface area (TPSA) is 51.8 Å². The van der Waals surface area contributed by atoms with Crippen molar-refractivity contribution in [1.82, 2.24) is 9.97 Å². The van der Waals surface area contributed by atoms with Gasteiger partial charge in [-0.25, -0.2) is 9.97 Å². The number of rotatable bonds is 6. The van der Waals surface area contributed by atoms with E-state index in [4.69, 9.17) is 5.73 Å². The molecule has 3 nitrogen and oxygen atoms in total. The van der Waals surface area contributed by atoms with Crippen molar-refractivity contribution < 1.29 is 0 Å². The molecule has 2 atom stereocenters. The van der Waals surface area contributed by atoms with Crippen LogP contribution < -0.4 is 5.73 Å². The first-order chi connectivity index (χ1) is 8.06. The second kappa shape index (κ2) is 6.97. The second-order valence-electron chi connectivity index (χ2n) is 4.45. The Balaban J connectivity index is 2.73. The van der Waals surface area contributed by atoms with Crippen LogP contribution in [0.2, 0.25) is 0 Å². The van der Waals surface area contributed by atoms with Crippen LogP contribution in [0, 0.1) is 13.8 Å². The third kappa shape index (κ3) is 4.64. The Morgan fingerprint density at radius 1 is 1.24 bits per heavy atom. The molecule has 0 aromatic carbocycles. The monoisotopic (exact) mass is 253 g/mol. The van der Waals surface area contributed by atoms with Crippen molar-refractivity contribution in [3.8, 4) is 0 Å². The SMILES string of the molecule is CCCC(N)C(CC)Sc1nc(C)cc(C)n1. The number of hydrogen-bond acceptors (Lipinski definition) is 4. The van der Waals surface area contributed by atoms with Crippen LogP contribution in [0.4, 0.5) is 0 Å². The van der Waals surface area contributed by atoms with E-state index in [2.05, 4.69) is 23.8 Å². The van der Waals surface area contributed by atoms with Gasteiger partial charge in [-0.3, -0.25) is 0 Å². The van der Waals surface area contributed by atoms with Crippen molar-refractivity contribution in [2.75, 3.05) is 0 Å². The summed E-state index contributed by atoms with van der Waals surface area (Å²) in [4.78, 5) is 8.92. The minimum absolute atomic E-state index is 0.236. The maximum Gasteiger partial charge on any atom is 0.188 e. The van der Waals surface area contributed by atoms with E-state index in [0.717, 1.165) is 35.8 Å². The van der Waals surface area contributed by atoms with Gasteiger partial charge in [-0.05, 0) is 32.8 Å². The molecule has 0 bridgehead atoms. The normalized spacial score (nSPS) is 14.6. The Morgan fingerprint density at radius 2 is 1.82 bits per heavy atom. The quantitative estimate of drug-likeness (QED) is 0.625. The Kier molecular flexibility index (Phi) is 5.92. The highest BCUT2D eigenvalue weighted by Crippen LogP contribution is 2.26. The smallest absolute Gasteiger partial charge is 0.188 e. The molecular weight excluding hydrogens is 230 g/mol.